The van der Waals surface area contributed by atoms with Crippen LogP contribution in [0.4, 0.5) is 4.39 Å². The van der Waals surface area contributed by atoms with E-state index >= 15 is 0 Å². The molecule has 4 rings (SSSR count). The zero-order valence-electron chi connectivity index (χ0n) is 17.1. The lowest BCUT2D eigenvalue weighted by molar-refractivity contribution is 0.0640. The van der Waals surface area contributed by atoms with Crippen molar-refractivity contribution < 1.29 is 18.8 Å². The number of Topliss-reactive ketones (excluding diaryl/α,β-unsaturated/α-hetero) is 2. The predicted molar refractivity (Wildman–Crippen MR) is 119 cm³/mol. The number of thiophene rings is 1. The molecule has 2 aromatic carbocycles. The van der Waals surface area contributed by atoms with E-state index in [2.05, 4.69) is 0 Å². The molecule has 2 heterocycles. The molecule has 4 nitrogen and oxygen atoms in total. The van der Waals surface area contributed by atoms with Crippen LogP contribution in [0.25, 0.3) is 11.1 Å². The number of nitrogens with zero attached hydrogens (tertiary/aromatic N) is 1. The summed E-state index contributed by atoms with van der Waals surface area (Å²) in [5, 5.41) is 0. The van der Waals surface area contributed by atoms with Gasteiger partial charge in [0.25, 0.3) is 5.91 Å². The second-order valence-electron chi connectivity index (χ2n) is 7.74. The molecule has 6 heteroatoms. The van der Waals surface area contributed by atoms with Gasteiger partial charge in [-0.25, -0.2) is 4.39 Å². The molecule has 0 radical (unpaired) electrons. The summed E-state index contributed by atoms with van der Waals surface area (Å²) >= 11 is 1.17. The SMILES string of the molecule is CC(=O)c1ccc(C(=O)N2CCCC(C(=O)c3ccc(-c4ccccc4)c(F)c3)C2)s1. The van der Waals surface area contributed by atoms with Crippen molar-refractivity contribution in [2.75, 3.05) is 13.1 Å². The Bertz CT molecular complexity index is 1140. The average molecular weight is 436 g/mol. The molecule has 1 fully saturated rings. The van der Waals surface area contributed by atoms with Crippen LogP contribution in [0.15, 0.2) is 60.7 Å². The van der Waals surface area contributed by atoms with Crippen LogP contribution in [0.2, 0.25) is 0 Å². The van der Waals surface area contributed by atoms with Gasteiger partial charge >= 0.3 is 0 Å². The van der Waals surface area contributed by atoms with E-state index in [4.69, 9.17) is 0 Å². The highest BCUT2D eigenvalue weighted by Crippen LogP contribution is 2.28. The minimum Gasteiger partial charge on any atom is -0.337 e. The van der Waals surface area contributed by atoms with Crippen LogP contribution in [0.3, 0.4) is 0 Å². The van der Waals surface area contributed by atoms with E-state index in [0.717, 1.165) is 5.56 Å². The fourth-order valence-electron chi connectivity index (χ4n) is 3.93. The molecule has 0 bridgehead atoms. The van der Waals surface area contributed by atoms with Gasteiger partial charge in [0.05, 0.1) is 9.75 Å². The summed E-state index contributed by atoms with van der Waals surface area (Å²) in [6, 6.07) is 17.1. The molecule has 1 aromatic heterocycles. The van der Waals surface area contributed by atoms with E-state index in [9.17, 15) is 18.8 Å². The molecule has 1 aliphatic heterocycles. The Balaban J connectivity index is 1.49. The number of likely N-dealkylation sites (tertiary alicyclic amines) is 1. The molecule has 1 unspecified atom stereocenters. The minimum absolute atomic E-state index is 0.0725. The van der Waals surface area contributed by atoms with Gasteiger partial charge < -0.3 is 4.90 Å². The highest BCUT2D eigenvalue weighted by Gasteiger charge is 2.30. The number of carbonyl (C=O) groups excluding carboxylic acids is 3. The Hall–Kier alpha value is -3.12. The lowest BCUT2D eigenvalue weighted by Gasteiger charge is -2.31. The van der Waals surface area contributed by atoms with Crippen molar-refractivity contribution in [3.05, 3.63) is 81.8 Å². The van der Waals surface area contributed by atoms with E-state index < -0.39 is 5.82 Å². The van der Waals surface area contributed by atoms with Gasteiger partial charge in [0.2, 0.25) is 0 Å². The van der Waals surface area contributed by atoms with Gasteiger partial charge in [0.15, 0.2) is 11.6 Å². The average Bonchev–Trinajstić information content (AvgIpc) is 3.29. The first-order valence-corrected chi connectivity index (χ1v) is 11.0. The smallest absolute Gasteiger partial charge is 0.263 e. The lowest BCUT2D eigenvalue weighted by Crippen LogP contribution is -2.42. The third kappa shape index (κ3) is 4.49. The summed E-state index contributed by atoms with van der Waals surface area (Å²) in [4.78, 5) is 40.1. The largest absolute Gasteiger partial charge is 0.337 e. The molecule has 1 aliphatic rings. The second-order valence-corrected chi connectivity index (χ2v) is 8.82. The molecule has 3 aromatic rings. The summed E-state index contributed by atoms with van der Waals surface area (Å²) in [6.45, 7) is 2.34. The summed E-state index contributed by atoms with van der Waals surface area (Å²) in [5.74, 6) is -1.19. The van der Waals surface area contributed by atoms with Crippen molar-refractivity contribution in [1.82, 2.24) is 4.90 Å². The van der Waals surface area contributed by atoms with Crippen molar-refractivity contribution in [2.24, 2.45) is 5.92 Å². The van der Waals surface area contributed by atoms with Gasteiger partial charge in [0.1, 0.15) is 5.82 Å². The van der Waals surface area contributed by atoms with Crippen LogP contribution >= 0.6 is 11.3 Å². The Kier molecular flexibility index (Phi) is 6.09. The number of benzene rings is 2. The summed E-state index contributed by atoms with van der Waals surface area (Å²) in [7, 11) is 0. The van der Waals surface area contributed by atoms with Gasteiger partial charge in [-0.05, 0) is 43.5 Å². The number of carbonyl (C=O) groups is 3. The third-order valence-corrected chi connectivity index (χ3v) is 6.76. The first-order valence-electron chi connectivity index (χ1n) is 10.2. The van der Waals surface area contributed by atoms with Crippen LogP contribution in [0.5, 0.6) is 0 Å². The maximum absolute atomic E-state index is 14.7. The summed E-state index contributed by atoms with van der Waals surface area (Å²) < 4.78 is 14.7. The van der Waals surface area contributed by atoms with Crippen molar-refractivity contribution in [1.29, 1.82) is 0 Å². The highest BCUT2D eigenvalue weighted by molar-refractivity contribution is 7.15. The summed E-state index contributed by atoms with van der Waals surface area (Å²) in [5.41, 5.74) is 1.54. The minimum atomic E-state index is -0.434. The Labute approximate surface area is 184 Å². The first kappa shape index (κ1) is 21.1. The van der Waals surface area contributed by atoms with Gasteiger partial charge in [-0.15, -0.1) is 11.3 Å². The van der Waals surface area contributed by atoms with Crippen LogP contribution in [0, 0.1) is 11.7 Å². The lowest BCUT2D eigenvalue weighted by atomic mass is 9.89. The monoisotopic (exact) mass is 435 g/mol. The molecule has 1 amide bonds. The molecule has 0 spiro atoms. The third-order valence-electron chi connectivity index (χ3n) is 5.58. The number of halogens is 1. The van der Waals surface area contributed by atoms with E-state index in [-0.39, 0.29) is 23.4 Å². The molecular formula is C25H22FNO3S. The number of hydrogen-bond acceptors (Lipinski definition) is 4. The molecule has 31 heavy (non-hydrogen) atoms. The summed E-state index contributed by atoms with van der Waals surface area (Å²) in [6.07, 6.45) is 1.37. The van der Waals surface area contributed by atoms with Crippen LogP contribution in [-0.4, -0.2) is 35.5 Å². The molecule has 0 saturated carbocycles. The topological polar surface area (TPSA) is 54.5 Å². The molecule has 0 N–H and O–H groups in total. The Morgan fingerprint density at radius 1 is 1.00 bits per heavy atom. The highest BCUT2D eigenvalue weighted by atomic mass is 32.1. The number of ketones is 2. The Morgan fingerprint density at radius 3 is 2.42 bits per heavy atom. The van der Waals surface area contributed by atoms with Crippen LogP contribution in [0.1, 0.15) is 49.5 Å². The van der Waals surface area contributed by atoms with Gasteiger partial charge in [0, 0.05) is 30.1 Å². The Morgan fingerprint density at radius 2 is 1.74 bits per heavy atom. The zero-order valence-corrected chi connectivity index (χ0v) is 18.0. The van der Waals surface area contributed by atoms with Crippen molar-refractivity contribution >= 4 is 28.8 Å². The number of rotatable bonds is 5. The van der Waals surface area contributed by atoms with E-state index in [1.807, 2.05) is 30.3 Å². The second kappa shape index (κ2) is 8.94. The molecule has 0 aliphatic carbocycles. The maximum Gasteiger partial charge on any atom is 0.263 e. The van der Waals surface area contributed by atoms with Gasteiger partial charge in [-0.1, -0.05) is 42.5 Å². The predicted octanol–water partition coefficient (Wildman–Crippen LogP) is 5.49. The number of piperidine rings is 1. The van der Waals surface area contributed by atoms with Crippen LogP contribution in [-0.2, 0) is 0 Å². The zero-order chi connectivity index (χ0) is 22.0. The molecule has 1 saturated heterocycles. The van der Waals surface area contributed by atoms with E-state index in [0.29, 0.717) is 46.8 Å². The van der Waals surface area contributed by atoms with Crippen molar-refractivity contribution in [3.63, 3.8) is 0 Å². The number of hydrogen-bond donors (Lipinski definition) is 0. The maximum atomic E-state index is 14.7. The number of amides is 1. The fourth-order valence-corrected chi connectivity index (χ4v) is 4.80. The quantitative estimate of drug-likeness (QED) is 0.498. The molecule has 1 atom stereocenters. The van der Waals surface area contributed by atoms with Crippen LogP contribution < -0.4 is 0 Å². The molecule has 158 valence electrons. The van der Waals surface area contributed by atoms with Crippen molar-refractivity contribution in [3.8, 4) is 11.1 Å². The first-order chi connectivity index (χ1) is 14.9. The van der Waals surface area contributed by atoms with E-state index in [1.54, 1.807) is 29.2 Å². The van der Waals surface area contributed by atoms with E-state index in [1.165, 1.54) is 24.3 Å². The molecular weight excluding hydrogens is 413 g/mol. The standard InChI is InChI=1S/C25H22FNO3S/c1-16(28)22-11-12-23(31-22)25(30)27-13-5-8-19(15-27)24(29)18-9-10-20(21(26)14-18)17-6-3-2-4-7-17/h2-4,6-7,9-12,14,19H,5,8,13,15H2,1H3. The normalized spacial score (nSPS) is 16.2. The van der Waals surface area contributed by atoms with Crippen molar-refractivity contribution in [2.45, 2.75) is 19.8 Å². The van der Waals surface area contributed by atoms with Gasteiger partial charge in [-0.2, -0.15) is 0 Å². The van der Waals surface area contributed by atoms with Gasteiger partial charge in [-0.3, -0.25) is 14.4 Å². The fraction of sp³-hybridized carbons (Fsp3) is 0.240.